The van der Waals surface area contributed by atoms with Gasteiger partial charge >= 0.3 is 6.18 Å². The first-order valence-corrected chi connectivity index (χ1v) is 8.37. The molecule has 0 aromatic heterocycles. The van der Waals surface area contributed by atoms with Gasteiger partial charge < -0.3 is 10.6 Å². The SMILES string of the molecule is CCNC(=NCc1ccc(S(N)(=O)=O)cc1)NCCC(F)(F)F. The standard InChI is InChI=1S/C13H19F3N4O2S/c1-2-18-12(19-8-7-13(14,15)16)20-9-10-3-5-11(6-4-10)23(17,21)22/h3-6H,2,7-9H2,1H3,(H2,17,21,22)(H2,18,19,20). The summed E-state index contributed by atoms with van der Waals surface area (Å²) in [6.07, 6.45) is -5.19. The van der Waals surface area contributed by atoms with Crippen LogP contribution >= 0.6 is 0 Å². The number of primary sulfonamides is 1. The van der Waals surface area contributed by atoms with Gasteiger partial charge in [0.1, 0.15) is 0 Å². The summed E-state index contributed by atoms with van der Waals surface area (Å²) in [7, 11) is -3.75. The molecule has 0 unspecified atom stereocenters. The molecule has 23 heavy (non-hydrogen) atoms. The number of benzene rings is 1. The molecule has 10 heteroatoms. The molecule has 1 rings (SSSR count). The fraction of sp³-hybridized carbons (Fsp3) is 0.462. The number of alkyl halides is 3. The smallest absolute Gasteiger partial charge is 0.357 e. The summed E-state index contributed by atoms with van der Waals surface area (Å²) in [6.45, 7) is 2.20. The first-order chi connectivity index (χ1) is 10.6. The van der Waals surface area contributed by atoms with Crippen molar-refractivity contribution in [3.05, 3.63) is 29.8 Å². The molecule has 0 aliphatic carbocycles. The highest BCUT2D eigenvalue weighted by molar-refractivity contribution is 7.89. The number of rotatable bonds is 6. The Bertz CT molecular complexity index is 628. The van der Waals surface area contributed by atoms with Crippen LogP contribution in [0.5, 0.6) is 0 Å². The van der Waals surface area contributed by atoms with E-state index in [1.54, 1.807) is 19.1 Å². The molecule has 0 saturated carbocycles. The molecule has 1 aromatic carbocycles. The Balaban J connectivity index is 2.66. The molecule has 130 valence electrons. The number of nitrogens with two attached hydrogens (primary N) is 1. The minimum Gasteiger partial charge on any atom is -0.357 e. The number of nitrogens with one attached hydrogen (secondary N) is 2. The minimum absolute atomic E-state index is 0.0135. The zero-order chi connectivity index (χ0) is 17.5. The normalized spacial score (nSPS) is 13.0. The Morgan fingerprint density at radius 2 is 1.83 bits per heavy atom. The lowest BCUT2D eigenvalue weighted by atomic mass is 10.2. The van der Waals surface area contributed by atoms with Crippen LogP contribution in [-0.2, 0) is 16.6 Å². The predicted molar refractivity (Wildman–Crippen MR) is 81.3 cm³/mol. The zero-order valence-electron chi connectivity index (χ0n) is 12.5. The van der Waals surface area contributed by atoms with Gasteiger partial charge in [-0.25, -0.2) is 18.5 Å². The molecule has 1 aromatic rings. The molecule has 4 N–H and O–H groups in total. The van der Waals surface area contributed by atoms with Crippen LogP contribution in [0.3, 0.4) is 0 Å². The summed E-state index contributed by atoms with van der Waals surface area (Å²) < 4.78 is 58.6. The van der Waals surface area contributed by atoms with E-state index >= 15 is 0 Å². The summed E-state index contributed by atoms with van der Waals surface area (Å²) >= 11 is 0. The van der Waals surface area contributed by atoms with Gasteiger partial charge in [-0.1, -0.05) is 12.1 Å². The Kier molecular flexibility index (Phi) is 6.82. The molecule has 0 radical (unpaired) electrons. The first-order valence-electron chi connectivity index (χ1n) is 6.82. The van der Waals surface area contributed by atoms with E-state index in [0.717, 1.165) is 0 Å². The van der Waals surface area contributed by atoms with Crippen LogP contribution in [0.1, 0.15) is 18.9 Å². The highest BCUT2D eigenvalue weighted by atomic mass is 32.2. The van der Waals surface area contributed by atoms with Crippen molar-refractivity contribution in [1.82, 2.24) is 10.6 Å². The number of halogens is 3. The second kappa shape index (κ2) is 8.16. The van der Waals surface area contributed by atoms with E-state index in [0.29, 0.717) is 12.1 Å². The summed E-state index contributed by atoms with van der Waals surface area (Å²) in [5, 5.41) is 10.4. The van der Waals surface area contributed by atoms with Crippen molar-refractivity contribution in [3.63, 3.8) is 0 Å². The second-order valence-electron chi connectivity index (χ2n) is 4.68. The van der Waals surface area contributed by atoms with Crippen molar-refractivity contribution in [2.75, 3.05) is 13.1 Å². The Morgan fingerprint density at radius 1 is 1.22 bits per heavy atom. The van der Waals surface area contributed by atoms with Crippen molar-refractivity contribution >= 4 is 16.0 Å². The fourth-order valence-electron chi connectivity index (χ4n) is 1.62. The van der Waals surface area contributed by atoms with Gasteiger partial charge in [0.15, 0.2) is 5.96 Å². The van der Waals surface area contributed by atoms with E-state index in [1.807, 2.05) is 0 Å². The quantitative estimate of drug-likeness (QED) is 0.532. The van der Waals surface area contributed by atoms with Gasteiger partial charge in [-0.3, -0.25) is 0 Å². The molecule has 0 atom stereocenters. The van der Waals surface area contributed by atoms with Gasteiger partial charge in [0.05, 0.1) is 17.9 Å². The molecule has 0 saturated heterocycles. The molecule has 0 aliphatic rings. The Hall–Kier alpha value is -1.81. The van der Waals surface area contributed by atoms with Crippen molar-refractivity contribution in [2.45, 2.75) is 31.0 Å². The molecular weight excluding hydrogens is 333 g/mol. The van der Waals surface area contributed by atoms with E-state index < -0.39 is 22.6 Å². The molecule has 0 bridgehead atoms. The van der Waals surface area contributed by atoms with Gasteiger partial charge in [-0.05, 0) is 24.6 Å². The second-order valence-corrected chi connectivity index (χ2v) is 6.24. The lowest BCUT2D eigenvalue weighted by molar-refractivity contribution is -0.132. The highest BCUT2D eigenvalue weighted by Gasteiger charge is 2.26. The van der Waals surface area contributed by atoms with Gasteiger partial charge in [0.2, 0.25) is 10.0 Å². The number of hydrogen-bond acceptors (Lipinski definition) is 3. The van der Waals surface area contributed by atoms with Crippen molar-refractivity contribution in [1.29, 1.82) is 0 Å². The van der Waals surface area contributed by atoms with E-state index in [1.165, 1.54) is 12.1 Å². The van der Waals surface area contributed by atoms with Crippen LogP contribution in [-0.4, -0.2) is 33.6 Å². The van der Waals surface area contributed by atoms with E-state index in [-0.39, 0.29) is 23.9 Å². The van der Waals surface area contributed by atoms with Crippen LogP contribution in [0.15, 0.2) is 34.2 Å². The van der Waals surface area contributed by atoms with Gasteiger partial charge in [0.25, 0.3) is 0 Å². The average molecular weight is 352 g/mol. The molecule has 0 fully saturated rings. The molecule has 0 aliphatic heterocycles. The number of guanidine groups is 1. The third kappa shape index (κ3) is 7.84. The lowest BCUT2D eigenvalue weighted by Crippen LogP contribution is -2.38. The maximum atomic E-state index is 12.1. The lowest BCUT2D eigenvalue weighted by Gasteiger charge is -2.12. The largest absolute Gasteiger partial charge is 0.390 e. The molecule has 0 amide bonds. The van der Waals surface area contributed by atoms with E-state index in [9.17, 15) is 21.6 Å². The predicted octanol–water partition coefficient (Wildman–Crippen LogP) is 1.34. The van der Waals surface area contributed by atoms with Crippen molar-refractivity contribution in [3.8, 4) is 0 Å². The monoisotopic (exact) mass is 352 g/mol. The molecule has 6 nitrogen and oxygen atoms in total. The number of hydrogen-bond donors (Lipinski definition) is 3. The zero-order valence-corrected chi connectivity index (χ0v) is 13.3. The van der Waals surface area contributed by atoms with Gasteiger partial charge in [-0.2, -0.15) is 13.2 Å². The first kappa shape index (κ1) is 19.2. The summed E-state index contributed by atoms with van der Waals surface area (Å²) in [6, 6.07) is 5.79. The maximum absolute atomic E-state index is 12.1. The Labute approximate surface area is 133 Å². The van der Waals surface area contributed by atoms with E-state index in [4.69, 9.17) is 5.14 Å². The number of nitrogens with zero attached hydrogens (tertiary/aromatic N) is 1. The summed E-state index contributed by atoms with van der Waals surface area (Å²) in [5.74, 6) is 0.257. The van der Waals surface area contributed by atoms with Crippen molar-refractivity contribution in [2.24, 2.45) is 10.1 Å². The van der Waals surface area contributed by atoms with Crippen LogP contribution in [0.25, 0.3) is 0 Å². The summed E-state index contributed by atoms with van der Waals surface area (Å²) in [5.41, 5.74) is 0.699. The van der Waals surface area contributed by atoms with Crippen molar-refractivity contribution < 1.29 is 21.6 Å². The maximum Gasteiger partial charge on any atom is 0.390 e. The Morgan fingerprint density at radius 3 is 2.30 bits per heavy atom. The van der Waals surface area contributed by atoms with Gasteiger partial charge in [-0.15, -0.1) is 0 Å². The summed E-state index contributed by atoms with van der Waals surface area (Å²) in [4.78, 5) is 4.13. The topological polar surface area (TPSA) is 96.6 Å². The third-order valence-electron chi connectivity index (χ3n) is 2.72. The van der Waals surface area contributed by atoms with Crippen LogP contribution in [0.2, 0.25) is 0 Å². The molecular formula is C13H19F3N4O2S. The van der Waals surface area contributed by atoms with E-state index in [2.05, 4.69) is 15.6 Å². The van der Waals surface area contributed by atoms with Crippen LogP contribution in [0, 0.1) is 0 Å². The van der Waals surface area contributed by atoms with Crippen LogP contribution in [0.4, 0.5) is 13.2 Å². The number of aliphatic imine (C=N–C) groups is 1. The third-order valence-corrected chi connectivity index (χ3v) is 3.65. The average Bonchev–Trinajstić information content (AvgIpc) is 2.43. The van der Waals surface area contributed by atoms with Gasteiger partial charge in [0, 0.05) is 13.1 Å². The highest BCUT2D eigenvalue weighted by Crippen LogP contribution is 2.18. The minimum atomic E-state index is -4.23. The van der Waals surface area contributed by atoms with Crippen LogP contribution < -0.4 is 15.8 Å². The fourth-order valence-corrected chi connectivity index (χ4v) is 2.13. The number of sulfonamides is 1. The molecule has 0 heterocycles. The molecule has 0 spiro atoms.